The molecule has 1 amide bonds. The van der Waals surface area contributed by atoms with Crippen LogP contribution in [0, 0.1) is 17.8 Å². The topological polar surface area (TPSA) is 64.4 Å². The summed E-state index contributed by atoms with van der Waals surface area (Å²) < 4.78 is 5.34. The summed E-state index contributed by atoms with van der Waals surface area (Å²) in [4.78, 5) is 12.1. The van der Waals surface area contributed by atoms with Gasteiger partial charge in [0.15, 0.2) is 0 Å². The summed E-state index contributed by atoms with van der Waals surface area (Å²) >= 11 is 0. The van der Waals surface area contributed by atoms with Crippen LogP contribution in [0.1, 0.15) is 29.3 Å². The van der Waals surface area contributed by atoms with Crippen LogP contribution in [0.5, 0.6) is 0 Å². The molecule has 0 aromatic heterocycles. The second-order valence-electron chi connectivity index (χ2n) is 4.97. The van der Waals surface area contributed by atoms with Crippen LogP contribution in [0.4, 0.5) is 0 Å². The van der Waals surface area contributed by atoms with E-state index in [1.54, 1.807) is 12.1 Å². The monoisotopic (exact) mass is 272 g/mol. The minimum atomic E-state index is -0.0530. The van der Waals surface area contributed by atoms with Crippen LogP contribution in [-0.4, -0.2) is 31.7 Å². The molecule has 3 N–H and O–H groups in total. The molecule has 1 fully saturated rings. The highest BCUT2D eigenvalue weighted by molar-refractivity contribution is 5.94. The third-order valence-electron chi connectivity index (χ3n) is 3.51. The highest BCUT2D eigenvalue weighted by Crippen LogP contribution is 2.16. The lowest BCUT2D eigenvalue weighted by Crippen LogP contribution is -2.38. The maximum Gasteiger partial charge on any atom is 0.251 e. The molecule has 4 heteroatoms. The van der Waals surface area contributed by atoms with Crippen molar-refractivity contribution >= 4 is 5.91 Å². The predicted octanol–water partition coefficient (Wildman–Crippen LogP) is 1.15. The maximum atomic E-state index is 12.1. The first-order chi connectivity index (χ1) is 9.70. The van der Waals surface area contributed by atoms with E-state index >= 15 is 0 Å². The Labute approximate surface area is 119 Å². The highest BCUT2D eigenvalue weighted by Gasteiger charge is 2.23. The normalized spacial score (nSPS) is 19.0. The Kier molecular flexibility index (Phi) is 5.16. The second kappa shape index (κ2) is 7.09. The number of nitrogens with one attached hydrogen (secondary N) is 1. The SMILES string of the molecule is CC(NC(=O)c1ccc(C#CCN)cc1)C1CCOC1. The number of carbonyl (C=O) groups is 1. The number of hydrogen-bond donors (Lipinski definition) is 2. The Bertz CT molecular complexity index is 508. The van der Waals surface area contributed by atoms with E-state index in [0.717, 1.165) is 25.2 Å². The molecule has 0 saturated carbocycles. The van der Waals surface area contributed by atoms with Crippen molar-refractivity contribution in [3.63, 3.8) is 0 Å². The van der Waals surface area contributed by atoms with E-state index in [1.165, 1.54) is 0 Å². The van der Waals surface area contributed by atoms with Crippen LogP contribution in [-0.2, 0) is 4.74 Å². The molecule has 2 rings (SSSR count). The van der Waals surface area contributed by atoms with E-state index < -0.39 is 0 Å². The molecule has 0 spiro atoms. The van der Waals surface area contributed by atoms with Crippen molar-refractivity contribution in [1.82, 2.24) is 5.32 Å². The molecule has 106 valence electrons. The van der Waals surface area contributed by atoms with Gasteiger partial charge in [0.2, 0.25) is 0 Å². The molecule has 1 aromatic rings. The molecular weight excluding hydrogens is 252 g/mol. The van der Waals surface area contributed by atoms with Crippen LogP contribution < -0.4 is 11.1 Å². The first kappa shape index (κ1) is 14.6. The maximum absolute atomic E-state index is 12.1. The summed E-state index contributed by atoms with van der Waals surface area (Å²) in [6.45, 7) is 3.88. The van der Waals surface area contributed by atoms with Gasteiger partial charge in [-0.05, 0) is 37.6 Å². The third-order valence-corrected chi connectivity index (χ3v) is 3.51. The smallest absolute Gasteiger partial charge is 0.251 e. The number of carbonyl (C=O) groups excluding carboxylic acids is 1. The van der Waals surface area contributed by atoms with E-state index in [0.29, 0.717) is 18.0 Å². The molecule has 0 bridgehead atoms. The molecule has 0 radical (unpaired) electrons. The fourth-order valence-electron chi connectivity index (χ4n) is 2.21. The van der Waals surface area contributed by atoms with Gasteiger partial charge in [0.05, 0.1) is 13.2 Å². The van der Waals surface area contributed by atoms with Crippen LogP contribution in [0.2, 0.25) is 0 Å². The van der Waals surface area contributed by atoms with Crippen molar-refractivity contribution < 1.29 is 9.53 Å². The number of ether oxygens (including phenoxy) is 1. The summed E-state index contributed by atoms with van der Waals surface area (Å²) in [7, 11) is 0. The van der Waals surface area contributed by atoms with Crippen molar-refractivity contribution in [3.8, 4) is 11.8 Å². The quantitative estimate of drug-likeness (QED) is 0.811. The standard InChI is InChI=1S/C16H20N2O2/c1-12(15-8-10-20-11-15)18-16(19)14-6-4-13(5-7-14)3-2-9-17/h4-7,12,15H,8-11,17H2,1H3,(H,18,19). The summed E-state index contributed by atoms with van der Waals surface area (Å²) in [5.74, 6) is 6.08. The first-order valence-corrected chi connectivity index (χ1v) is 6.88. The average Bonchev–Trinajstić information content (AvgIpc) is 3.00. The van der Waals surface area contributed by atoms with Gasteiger partial charge in [-0.25, -0.2) is 0 Å². The van der Waals surface area contributed by atoms with Crippen molar-refractivity contribution in [1.29, 1.82) is 0 Å². The predicted molar refractivity (Wildman–Crippen MR) is 78.2 cm³/mol. The van der Waals surface area contributed by atoms with Crippen LogP contribution in [0.3, 0.4) is 0 Å². The Morgan fingerprint density at radius 1 is 1.50 bits per heavy atom. The zero-order valence-electron chi connectivity index (χ0n) is 11.7. The lowest BCUT2D eigenvalue weighted by molar-refractivity contribution is 0.0922. The van der Waals surface area contributed by atoms with Crippen LogP contribution in [0.15, 0.2) is 24.3 Å². The minimum Gasteiger partial charge on any atom is -0.381 e. The fraction of sp³-hybridized carbons (Fsp3) is 0.438. The average molecular weight is 272 g/mol. The highest BCUT2D eigenvalue weighted by atomic mass is 16.5. The third kappa shape index (κ3) is 3.83. The Morgan fingerprint density at radius 2 is 2.25 bits per heavy atom. The van der Waals surface area contributed by atoms with E-state index in [1.807, 2.05) is 19.1 Å². The first-order valence-electron chi connectivity index (χ1n) is 6.88. The molecule has 1 aromatic carbocycles. The number of benzene rings is 1. The number of rotatable bonds is 3. The van der Waals surface area contributed by atoms with Gasteiger partial charge in [-0.15, -0.1) is 0 Å². The Balaban J connectivity index is 1.94. The summed E-state index contributed by atoms with van der Waals surface area (Å²) in [5.41, 5.74) is 6.83. The molecule has 2 unspecified atom stereocenters. The molecule has 1 saturated heterocycles. The van der Waals surface area contributed by atoms with Crippen molar-refractivity contribution in [3.05, 3.63) is 35.4 Å². The van der Waals surface area contributed by atoms with Gasteiger partial charge < -0.3 is 15.8 Å². The lowest BCUT2D eigenvalue weighted by Gasteiger charge is -2.19. The fourth-order valence-corrected chi connectivity index (χ4v) is 2.21. The largest absolute Gasteiger partial charge is 0.381 e. The Hall–Kier alpha value is -1.83. The number of hydrogen-bond acceptors (Lipinski definition) is 3. The van der Waals surface area contributed by atoms with E-state index in [4.69, 9.17) is 10.5 Å². The number of amides is 1. The molecular formula is C16H20N2O2. The zero-order chi connectivity index (χ0) is 14.4. The summed E-state index contributed by atoms with van der Waals surface area (Å²) in [6, 6.07) is 7.37. The zero-order valence-corrected chi connectivity index (χ0v) is 11.7. The molecule has 20 heavy (non-hydrogen) atoms. The van der Waals surface area contributed by atoms with Crippen LogP contribution >= 0.6 is 0 Å². The second-order valence-corrected chi connectivity index (χ2v) is 4.97. The van der Waals surface area contributed by atoms with Crippen molar-refractivity contribution in [2.45, 2.75) is 19.4 Å². The molecule has 2 atom stereocenters. The molecule has 1 heterocycles. The van der Waals surface area contributed by atoms with Gasteiger partial charge in [-0.3, -0.25) is 4.79 Å². The van der Waals surface area contributed by atoms with Crippen LogP contribution in [0.25, 0.3) is 0 Å². The number of nitrogens with two attached hydrogens (primary N) is 1. The molecule has 1 aliphatic rings. The van der Waals surface area contributed by atoms with Gasteiger partial charge in [0, 0.05) is 29.7 Å². The van der Waals surface area contributed by atoms with E-state index in [9.17, 15) is 4.79 Å². The summed E-state index contributed by atoms with van der Waals surface area (Å²) in [5, 5.41) is 3.03. The van der Waals surface area contributed by atoms with Gasteiger partial charge >= 0.3 is 0 Å². The minimum absolute atomic E-state index is 0.0530. The molecule has 0 aliphatic carbocycles. The van der Waals surface area contributed by atoms with Gasteiger partial charge in [-0.2, -0.15) is 0 Å². The van der Waals surface area contributed by atoms with Gasteiger partial charge in [-0.1, -0.05) is 11.8 Å². The van der Waals surface area contributed by atoms with Gasteiger partial charge in [0.25, 0.3) is 5.91 Å². The molecule has 1 aliphatic heterocycles. The van der Waals surface area contributed by atoms with E-state index in [-0.39, 0.29) is 11.9 Å². The Morgan fingerprint density at radius 3 is 2.85 bits per heavy atom. The lowest BCUT2D eigenvalue weighted by atomic mass is 10.0. The molecule has 4 nitrogen and oxygen atoms in total. The van der Waals surface area contributed by atoms with Crippen molar-refractivity contribution in [2.24, 2.45) is 11.7 Å². The van der Waals surface area contributed by atoms with Gasteiger partial charge in [0.1, 0.15) is 0 Å². The van der Waals surface area contributed by atoms with Crippen molar-refractivity contribution in [2.75, 3.05) is 19.8 Å². The van der Waals surface area contributed by atoms with E-state index in [2.05, 4.69) is 17.2 Å². The summed E-state index contributed by atoms with van der Waals surface area (Å²) in [6.07, 6.45) is 1.01.